The second-order valence-electron chi connectivity index (χ2n) is 3.25. The number of carbonyl (C=O) groups excluding carboxylic acids is 2. The van der Waals surface area contributed by atoms with Gasteiger partial charge in [-0.15, -0.1) is 0 Å². The lowest BCUT2D eigenvalue weighted by molar-refractivity contribution is -0.134. The number of hydrogen-bond acceptors (Lipinski definition) is 3. The second-order valence-corrected chi connectivity index (χ2v) is 3.25. The molecule has 0 heterocycles. The fourth-order valence-electron chi connectivity index (χ4n) is 0.794. The number of likely N-dealkylation sites (N-methyl/N-ethyl adjacent to an activating group) is 1. The van der Waals surface area contributed by atoms with E-state index >= 15 is 0 Å². The van der Waals surface area contributed by atoms with Crippen molar-refractivity contribution in [3.05, 3.63) is 0 Å². The van der Waals surface area contributed by atoms with Crippen LogP contribution in [0.5, 0.6) is 0 Å². The molecule has 13 heavy (non-hydrogen) atoms. The molecule has 76 valence electrons. The highest BCUT2D eigenvalue weighted by Gasteiger charge is 2.18. The van der Waals surface area contributed by atoms with Gasteiger partial charge in [-0.25, -0.2) is 0 Å². The van der Waals surface area contributed by atoms with E-state index in [4.69, 9.17) is 5.73 Å². The van der Waals surface area contributed by atoms with Gasteiger partial charge in [0.1, 0.15) is 6.04 Å². The number of hydrogen-bond donors (Lipinski definition) is 2. The van der Waals surface area contributed by atoms with Crippen LogP contribution in [0.15, 0.2) is 0 Å². The third-order valence-electron chi connectivity index (χ3n) is 1.58. The summed E-state index contributed by atoms with van der Waals surface area (Å²) in [7, 11) is 3.27. The Morgan fingerprint density at radius 3 is 2.08 bits per heavy atom. The third kappa shape index (κ3) is 3.89. The summed E-state index contributed by atoms with van der Waals surface area (Å²) in [6, 6.07) is -1.11. The predicted molar refractivity (Wildman–Crippen MR) is 49.9 cm³/mol. The first-order valence-electron chi connectivity index (χ1n) is 4.13. The highest BCUT2D eigenvalue weighted by atomic mass is 16.2. The minimum atomic E-state index is -0.586. The lowest BCUT2D eigenvalue weighted by Crippen LogP contribution is -2.49. The molecule has 2 amide bonds. The zero-order chi connectivity index (χ0) is 10.6. The van der Waals surface area contributed by atoms with E-state index in [1.165, 1.54) is 4.90 Å². The van der Waals surface area contributed by atoms with Crippen molar-refractivity contribution in [3.63, 3.8) is 0 Å². The number of amides is 2. The van der Waals surface area contributed by atoms with E-state index in [0.29, 0.717) is 0 Å². The highest BCUT2D eigenvalue weighted by Crippen LogP contribution is 1.89. The Kier molecular flexibility index (Phi) is 4.40. The van der Waals surface area contributed by atoms with Crippen molar-refractivity contribution in [2.45, 2.75) is 25.9 Å². The van der Waals surface area contributed by atoms with Gasteiger partial charge in [-0.2, -0.15) is 0 Å². The summed E-state index contributed by atoms with van der Waals surface area (Å²) in [5, 5.41) is 2.51. The van der Waals surface area contributed by atoms with Crippen LogP contribution in [-0.4, -0.2) is 42.9 Å². The van der Waals surface area contributed by atoms with Crippen LogP contribution < -0.4 is 11.1 Å². The monoisotopic (exact) mass is 187 g/mol. The summed E-state index contributed by atoms with van der Waals surface area (Å²) in [5.74, 6) is -0.461. The molecule has 0 radical (unpaired) electrons. The molecule has 0 aromatic carbocycles. The third-order valence-corrected chi connectivity index (χ3v) is 1.58. The molecular formula is C8H17N3O2. The molecule has 0 bridgehead atoms. The van der Waals surface area contributed by atoms with E-state index in [9.17, 15) is 9.59 Å². The Bertz CT molecular complexity index is 202. The summed E-state index contributed by atoms with van der Waals surface area (Å²) >= 11 is 0. The first kappa shape index (κ1) is 11.9. The number of carbonyl (C=O) groups is 2. The van der Waals surface area contributed by atoms with Crippen molar-refractivity contribution in [1.82, 2.24) is 10.2 Å². The molecule has 0 fully saturated rings. The van der Waals surface area contributed by atoms with Gasteiger partial charge < -0.3 is 16.0 Å². The van der Waals surface area contributed by atoms with Crippen LogP contribution in [0.2, 0.25) is 0 Å². The fourth-order valence-corrected chi connectivity index (χ4v) is 0.794. The zero-order valence-corrected chi connectivity index (χ0v) is 8.50. The maximum Gasteiger partial charge on any atom is 0.244 e. The van der Waals surface area contributed by atoms with E-state index in [1.807, 2.05) is 0 Å². The van der Waals surface area contributed by atoms with Gasteiger partial charge in [0, 0.05) is 14.1 Å². The molecule has 1 unspecified atom stereocenters. The standard InChI is InChI=1S/C8H17N3O2/c1-5(9)7(12)10-6(2)8(13)11(3)4/h5-6H,9H2,1-4H3,(H,10,12)/t5-,6?/m1/s1. The van der Waals surface area contributed by atoms with Gasteiger partial charge in [0.25, 0.3) is 0 Å². The number of rotatable bonds is 3. The zero-order valence-electron chi connectivity index (χ0n) is 8.50. The average molecular weight is 187 g/mol. The average Bonchev–Trinajstić information content (AvgIpc) is 2.02. The van der Waals surface area contributed by atoms with E-state index < -0.39 is 12.1 Å². The van der Waals surface area contributed by atoms with Gasteiger partial charge in [0.2, 0.25) is 11.8 Å². The summed E-state index contributed by atoms with van der Waals surface area (Å²) in [6.07, 6.45) is 0. The van der Waals surface area contributed by atoms with Crippen molar-refractivity contribution < 1.29 is 9.59 Å². The molecule has 0 rings (SSSR count). The molecule has 0 aliphatic heterocycles. The topological polar surface area (TPSA) is 75.4 Å². The molecule has 3 N–H and O–H groups in total. The van der Waals surface area contributed by atoms with E-state index in [2.05, 4.69) is 5.32 Å². The normalized spacial score (nSPS) is 14.5. The van der Waals surface area contributed by atoms with Crippen LogP contribution in [0.4, 0.5) is 0 Å². The van der Waals surface area contributed by atoms with Crippen LogP contribution in [0, 0.1) is 0 Å². The molecule has 0 spiro atoms. The lowest BCUT2D eigenvalue weighted by Gasteiger charge is -2.18. The Morgan fingerprint density at radius 1 is 1.31 bits per heavy atom. The molecule has 5 heteroatoms. The van der Waals surface area contributed by atoms with Crippen LogP contribution in [0.25, 0.3) is 0 Å². The summed E-state index contributed by atoms with van der Waals surface area (Å²) in [4.78, 5) is 23.8. The summed E-state index contributed by atoms with van der Waals surface area (Å²) in [6.45, 7) is 3.20. The predicted octanol–water partition coefficient (Wildman–Crippen LogP) is -1.07. The molecule has 0 aliphatic carbocycles. The Hall–Kier alpha value is -1.10. The van der Waals surface area contributed by atoms with Gasteiger partial charge in [0.15, 0.2) is 0 Å². The van der Waals surface area contributed by atoms with Crippen molar-refractivity contribution in [3.8, 4) is 0 Å². The van der Waals surface area contributed by atoms with Crippen LogP contribution in [0.1, 0.15) is 13.8 Å². The van der Waals surface area contributed by atoms with Gasteiger partial charge in [-0.05, 0) is 13.8 Å². The lowest BCUT2D eigenvalue weighted by atomic mass is 10.2. The van der Waals surface area contributed by atoms with Crippen molar-refractivity contribution in [2.24, 2.45) is 5.73 Å². The van der Waals surface area contributed by atoms with Crippen LogP contribution >= 0.6 is 0 Å². The van der Waals surface area contributed by atoms with Gasteiger partial charge in [-0.1, -0.05) is 0 Å². The van der Waals surface area contributed by atoms with Crippen LogP contribution in [0.3, 0.4) is 0 Å². The van der Waals surface area contributed by atoms with E-state index in [0.717, 1.165) is 0 Å². The van der Waals surface area contributed by atoms with Crippen molar-refractivity contribution in [1.29, 1.82) is 0 Å². The molecule has 5 nitrogen and oxygen atoms in total. The van der Waals surface area contributed by atoms with E-state index in [1.54, 1.807) is 27.9 Å². The Balaban J connectivity index is 4.08. The Morgan fingerprint density at radius 2 is 1.77 bits per heavy atom. The molecule has 0 aromatic heterocycles. The van der Waals surface area contributed by atoms with Gasteiger partial charge in [0.05, 0.1) is 6.04 Å². The van der Waals surface area contributed by atoms with Gasteiger partial charge in [-0.3, -0.25) is 9.59 Å². The molecular weight excluding hydrogens is 170 g/mol. The largest absolute Gasteiger partial charge is 0.347 e. The molecule has 2 atom stereocenters. The summed E-state index contributed by atoms with van der Waals surface area (Å²) in [5.41, 5.74) is 5.32. The SMILES string of the molecule is CC(NC(=O)[C@@H](C)N)C(=O)N(C)C. The molecule has 0 saturated heterocycles. The summed E-state index contributed by atoms with van der Waals surface area (Å²) < 4.78 is 0. The molecule has 0 aliphatic rings. The fraction of sp³-hybridized carbons (Fsp3) is 0.750. The van der Waals surface area contributed by atoms with Crippen molar-refractivity contribution in [2.75, 3.05) is 14.1 Å². The molecule has 0 aromatic rings. The maximum atomic E-state index is 11.3. The maximum absolute atomic E-state index is 11.3. The first-order valence-corrected chi connectivity index (χ1v) is 4.13. The minimum absolute atomic E-state index is 0.144. The smallest absolute Gasteiger partial charge is 0.244 e. The number of nitrogens with zero attached hydrogens (tertiary/aromatic N) is 1. The number of nitrogens with one attached hydrogen (secondary N) is 1. The van der Waals surface area contributed by atoms with Crippen LogP contribution in [-0.2, 0) is 9.59 Å². The number of nitrogens with two attached hydrogens (primary N) is 1. The molecule has 0 saturated carbocycles. The van der Waals surface area contributed by atoms with Crippen molar-refractivity contribution >= 4 is 11.8 Å². The minimum Gasteiger partial charge on any atom is -0.347 e. The highest BCUT2D eigenvalue weighted by molar-refractivity contribution is 5.88. The van der Waals surface area contributed by atoms with E-state index in [-0.39, 0.29) is 11.8 Å². The quantitative estimate of drug-likeness (QED) is 0.590. The first-order chi connectivity index (χ1) is 5.86. The second kappa shape index (κ2) is 4.81. The Labute approximate surface area is 78.3 Å². The van der Waals surface area contributed by atoms with Gasteiger partial charge >= 0.3 is 0 Å².